The van der Waals surface area contributed by atoms with E-state index in [-0.39, 0.29) is 15.7 Å². The van der Waals surface area contributed by atoms with Gasteiger partial charge in [0.15, 0.2) is 11.6 Å². The first kappa shape index (κ1) is 74.4. The molecule has 0 saturated carbocycles. The number of fused-ring (bicyclic) bond motifs is 22. The Hall–Kier alpha value is -16.1. The number of nitrogens with zero attached hydrogens (tertiary/aromatic N) is 12. The van der Waals surface area contributed by atoms with Crippen LogP contribution in [0.5, 0.6) is 0 Å². The Kier molecular flexibility index (Phi) is 17.5. The molecule has 576 valence electrons. The highest BCUT2D eigenvalue weighted by Gasteiger charge is 2.45. The van der Waals surface area contributed by atoms with Gasteiger partial charge in [0, 0.05) is 87.8 Å². The average molecular weight is 1730 g/mol. The van der Waals surface area contributed by atoms with Crippen molar-refractivity contribution in [1.29, 1.82) is 31.6 Å². The summed E-state index contributed by atoms with van der Waals surface area (Å²) < 4.78 is 88.3. The standard InChI is InChI=1S/C44H22BN5.C44H25N5.C8HF3N2.C6HBr2F3/c46-23-31-40(48-35-19-5-1-11-25(35)26-12-2-6-20-36(26)48)32(24-47)44-39-43(31)49-37-21-7-3-13-27(37)29-15-9-17-33(41(29)49)45(39)34-18-10-16-30-28-14-4-8-22-38(28)50(44)42(30)34;45-26-34-42(47-36-19-7-1-13-28(36)29-14-2-8-20-37(29)47)25-43(48-38-21-9-3-15-30(38)31-16-4-10-22-39(31)48)35(27-46)44(34)49-40-23-11-5-17-32(40)33-18-6-12-24-41(33)49;9-6-1-7(10)5(3-13)8(11)4(6)2-12;7-4-2(9)1-3(10)5(8)6(4)11/h1-22H;1-25H;1H;1H. The summed E-state index contributed by atoms with van der Waals surface area (Å²) in [4.78, 5) is 0. The van der Waals surface area contributed by atoms with E-state index >= 15 is 0 Å². The maximum atomic E-state index is 12.9. The van der Waals surface area contributed by atoms with Crippen molar-refractivity contribution in [2.75, 3.05) is 0 Å². The minimum Gasteiger partial charge on any atom is -0.309 e. The normalized spacial score (nSPS) is 11.7. The fourth-order valence-corrected chi connectivity index (χ4v) is 19.8. The second kappa shape index (κ2) is 28.9. The molecule has 16 aromatic carbocycles. The zero-order valence-electron chi connectivity index (χ0n) is 63.8. The van der Waals surface area contributed by atoms with Crippen LogP contribution in [0.3, 0.4) is 0 Å². The monoisotopic (exact) mass is 1720 g/mol. The minimum atomic E-state index is -1.46. The van der Waals surface area contributed by atoms with Crippen LogP contribution in [-0.2, 0) is 0 Å². The van der Waals surface area contributed by atoms with Gasteiger partial charge in [-0.2, -0.15) is 31.6 Å². The van der Waals surface area contributed by atoms with Gasteiger partial charge >= 0.3 is 0 Å². The van der Waals surface area contributed by atoms with Crippen molar-refractivity contribution >= 4 is 186 Å². The summed E-state index contributed by atoms with van der Waals surface area (Å²) in [6.07, 6.45) is 0. The van der Waals surface area contributed by atoms with Gasteiger partial charge in [0.2, 0.25) is 0 Å². The van der Waals surface area contributed by atoms with Crippen LogP contribution in [0.15, 0.2) is 306 Å². The van der Waals surface area contributed by atoms with E-state index in [1.165, 1.54) is 23.1 Å². The van der Waals surface area contributed by atoms with E-state index in [1.54, 1.807) is 0 Å². The first-order valence-electron chi connectivity index (χ1n) is 38.7. The number of hydrogen-bond acceptors (Lipinski definition) is 6. The second-order valence-electron chi connectivity index (χ2n) is 29.7. The molecule has 21 heteroatoms. The fraction of sp³-hybridized carbons (Fsp3) is 0. The number of rotatable bonds is 4. The molecule has 0 saturated heterocycles. The second-order valence-corrected chi connectivity index (χ2v) is 31.3. The lowest BCUT2D eigenvalue weighted by molar-refractivity contribution is 0.526. The van der Waals surface area contributed by atoms with Gasteiger partial charge in [-0.3, -0.25) is 0 Å². The van der Waals surface area contributed by atoms with E-state index in [0.717, 1.165) is 148 Å². The molecule has 0 unspecified atom stereocenters. The van der Waals surface area contributed by atoms with Crippen molar-refractivity contribution in [2.24, 2.45) is 0 Å². The highest BCUT2D eigenvalue weighted by atomic mass is 79.9. The number of aromatic nitrogens is 6. The maximum Gasteiger partial charge on any atom is 0.252 e. The highest BCUT2D eigenvalue weighted by Crippen LogP contribution is 2.48. The molecule has 2 aliphatic heterocycles. The van der Waals surface area contributed by atoms with Crippen molar-refractivity contribution in [3.05, 3.63) is 374 Å². The van der Waals surface area contributed by atoms with Crippen LogP contribution in [0.1, 0.15) is 33.4 Å². The fourth-order valence-electron chi connectivity index (χ4n) is 18.9. The number of benzene rings is 16. The zero-order chi connectivity index (χ0) is 84.1. The van der Waals surface area contributed by atoms with Crippen molar-refractivity contribution in [3.8, 4) is 70.5 Å². The van der Waals surface area contributed by atoms with Crippen molar-refractivity contribution in [3.63, 3.8) is 0 Å². The third-order valence-corrected chi connectivity index (χ3v) is 25.1. The lowest BCUT2D eigenvalue weighted by Crippen LogP contribution is -2.60. The quantitative estimate of drug-likeness (QED) is 0.0734. The molecule has 0 amide bonds. The summed E-state index contributed by atoms with van der Waals surface area (Å²) in [5.74, 6) is -6.95. The Balaban J connectivity index is 0.000000119. The third kappa shape index (κ3) is 10.8. The largest absolute Gasteiger partial charge is 0.309 e. The van der Waals surface area contributed by atoms with Crippen LogP contribution >= 0.6 is 31.9 Å². The molecule has 8 heterocycles. The first-order valence-corrected chi connectivity index (χ1v) is 40.3. The van der Waals surface area contributed by atoms with Crippen LogP contribution < -0.4 is 16.4 Å². The molecule has 123 heavy (non-hydrogen) atoms. The highest BCUT2D eigenvalue weighted by molar-refractivity contribution is 9.11. The smallest absolute Gasteiger partial charge is 0.252 e. The van der Waals surface area contributed by atoms with Crippen molar-refractivity contribution < 1.29 is 26.3 Å². The molecule has 0 fully saturated rings. The van der Waals surface area contributed by atoms with E-state index in [4.69, 9.17) is 10.5 Å². The van der Waals surface area contributed by atoms with Gasteiger partial charge in [-0.1, -0.05) is 218 Å². The molecule has 0 atom stereocenters. The summed E-state index contributed by atoms with van der Waals surface area (Å²) in [5, 5.41) is 75.4. The van der Waals surface area contributed by atoms with Crippen molar-refractivity contribution in [1.82, 2.24) is 27.4 Å². The summed E-state index contributed by atoms with van der Waals surface area (Å²) in [6.45, 7) is -0.174. The Morgan fingerprint density at radius 2 is 0.463 bits per heavy atom. The van der Waals surface area contributed by atoms with Crippen LogP contribution in [-0.4, -0.2) is 34.1 Å². The number of nitriles is 6. The van der Waals surface area contributed by atoms with E-state index in [1.807, 2.05) is 66.7 Å². The molecule has 24 rings (SSSR count). The van der Waals surface area contributed by atoms with Crippen molar-refractivity contribution in [2.45, 2.75) is 0 Å². The molecule has 2 aliphatic rings. The minimum absolute atomic E-state index is 0.174. The Labute approximate surface area is 711 Å². The van der Waals surface area contributed by atoms with Gasteiger partial charge in [0.25, 0.3) is 6.71 Å². The van der Waals surface area contributed by atoms with E-state index in [0.29, 0.717) is 57.1 Å². The Morgan fingerprint density at radius 1 is 0.228 bits per heavy atom. The summed E-state index contributed by atoms with van der Waals surface area (Å²) in [5.41, 5.74) is 19.8. The number of halogens is 8. The number of hydrogen-bond donors (Lipinski definition) is 0. The van der Waals surface area contributed by atoms with Gasteiger partial charge in [-0.05, 0) is 115 Å². The van der Waals surface area contributed by atoms with Gasteiger partial charge in [-0.25, -0.2) is 26.3 Å². The van der Waals surface area contributed by atoms with Gasteiger partial charge < -0.3 is 27.4 Å². The SMILES string of the molecule is Fc1cc(F)c(Br)c(F)c1Br.N#Cc1c(-n2c3ccccc3c3ccccc32)c(C#N)c2c3c1-n1c4ccccc4c4cccc(c41)B3c1cccc3c4ccccc4n-2c13.N#Cc1c(-n2c3ccccc3c3ccccc32)cc(-n2c3ccccc3c3ccccc32)c(C#N)c1-n1c2ccccc2c2ccccc21.N#Cc1c(F)cc(F)c(C#N)c1F. The lowest BCUT2D eigenvalue weighted by Gasteiger charge is -2.35. The molecule has 6 aromatic heterocycles. The van der Waals surface area contributed by atoms with E-state index in [9.17, 15) is 47.4 Å². The molecule has 12 nitrogen and oxygen atoms in total. The van der Waals surface area contributed by atoms with Crippen LogP contribution in [0.2, 0.25) is 0 Å². The molecule has 0 spiro atoms. The molecular weight excluding hydrogens is 1680 g/mol. The zero-order valence-corrected chi connectivity index (χ0v) is 66.9. The topological polar surface area (TPSA) is 172 Å². The average Bonchev–Trinajstić information content (AvgIpc) is 1.53. The van der Waals surface area contributed by atoms with E-state index in [2.05, 4.69) is 302 Å². The van der Waals surface area contributed by atoms with Crippen LogP contribution in [0, 0.1) is 103 Å². The molecular formula is C102H49BBr2F6N12. The lowest BCUT2D eigenvalue weighted by atomic mass is 9.34. The van der Waals surface area contributed by atoms with Gasteiger partial charge in [0.1, 0.15) is 93.1 Å². The number of para-hydroxylation sites is 12. The summed E-state index contributed by atoms with van der Waals surface area (Å²) in [7, 11) is 0. The van der Waals surface area contributed by atoms with Gasteiger partial charge in [-0.15, -0.1) is 0 Å². The third-order valence-electron chi connectivity index (χ3n) is 23.7. The molecule has 0 N–H and O–H groups in total. The maximum absolute atomic E-state index is 12.9. The Bertz CT molecular complexity index is 8180. The van der Waals surface area contributed by atoms with E-state index < -0.39 is 46.0 Å². The predicted octanol–water partition coefficient (Wildman–Crippen LogP) is 24.1. The Morgan fingerprint density at radius 3 is 0.748 bits per heavy atom. The predicted molar refractivity (Wildman–Crippen MR) is 480 cm³/mol. The van der Waals surface area contributed by atoms with Crippen LogP contribution in [0.4, 0.5) is 26.3 Å². The summed E-state index contributed by atoms with van der Waals surface area (Å²) in [6, 6.07) is 113. The van der Waals surface area contributed by atoms with Gasteiger partial charge in [0.05, 0.1) is 98.2 Å². The van der Waals surface area contributed by atoms with Crippen LogP contribution in [0.25, 0.3) is 165 Å². The molecule has 0 aliphatic carbocycles. The molecule has 0 bridgehead atoms. The summed E-state index contributed by atoms with van der Waals surface area (Å²) >= 11 is 5.23. The first-order chi connectivity index (χ1) is 60.2. The molecule has 0 radical (unpaired) electrons. The molecule has 22 aromatic rings.